The Morgan fingerprint density at radius 1 is 1.06 bits per heavy atom. The molecule has 0 aromatic heterocycles. The predicted octanol–water partition coefficient (Wildman–Crippen LogP) is 4.87. The van der Waals surface area contributed by atoms with Crippen LogP contribution in [0.5, 0.6) is 5.75 Å². The van der Waals surface area contributed by atoms with Gasteiger partial charge in [0, 0.05) is 12.0 Å². The molecule has 0 N–H and O–H groups in total. The molecule has 5 nitrogen and oxygen atoms in total. The first-order valence-electron chi connectivity index (χ1n) is 11.5. The maximum absolute atomic E-state index is 13.3. The lowest BCUT2D eigenvalue weighted by atomic mass is 9.95. The number of hydrogen-bond donors (Lipinski definition) is 0. The number of ether oxygens (including phenoxy) is 1. The average molecular weight is 420 g/mol. The van der Waals surface area contributed by atoms with Gasteiger partial charge in [0.2, 0.25) is 0 Å². The van der Waals surface area contributed by atoms with Gasteiger partial charge in [0.25, 0.3) is 5.91 Å². The van der Waals surface area contributed by atoms with Crippen molar-refractivity contribution >= 4 is 11.6 Å². The number of benzene rings is 2. The van der Waals surface area contributed by atoms with Gasteiger partial charge >= 0.3 is 0 Å². The molecule has 1 fully saturated rings. The van der Waals surface area contributed by atoms with Gasteiger partial charge in [-0.1, -0.05) is 36.2 Å². The maximum atomic E-state index is 13.3. The molecule has 2 heterocycles. The van der Waals surface area contributed by atoms with Crippen molar-refractivity contribution in [2.45, 2.75) is 52.5 Å². The number of aryl methyl sites for hydroxylation is 2. The number of nitrogens with zero attached hydrogens (tertiary/aromatic N) is 3. The molecule has 0 saturated carbocycles. The Labute approximate surface area is 185 Å². The van der Waals surface area contributed by atoms with E-state index in [1.165, 1.54) is 30.4 Å². The molecular weight excluding hydrogens is 386 g/mol. The number of carbonyl (C=O) groups is 1. The number of hydrogen-bond acceptors (Lipinski definition) is 4. The zero-order valence-electron chi connectivity index (χ0n) is 18.9. The van der Waals surface area contributed by atoms with Crippen molar-refractivity contribution in [1.82, 2.24) is 9.91 Å². The van der Waals surface area contributed by atoms with Crippen LogP contribution in [0.4, 0.5) is 0 Å². The SMILES string of the molecule is CCOc1ccc([C@@H]2CC(c3cc(C)ccc3C)=NN2C(=O)CN2CCCCC2)cc1. The van der Waals surface area contributed by atoms with Crippen molar-refractivity contribution in [2.24, 2.45) is 5.10 Å². The van der Waals surface area contributed by atoms with Crippen molar-refractivity contribution in [3.05, 3.63) is 64.7 Å². The van der Waals surface area contributed by atoms with Crippen LogP contribution in [0.25, 0.3) is 0 Å². The number of hydrazone groups is 1. The molecule has 2 aromatic rings. The van der Waals surface area contributed by atoms with Gasteiger partial charge < -0.3 is 4.74 Å². The van der Waals surface area contributed by atoms with Gasteiger partial charge in [-0.15, -0.1) is 0 Å². The normalized spacial score (nSPS) is 19.4. The molecule has 1 saturated heterocycles. The van der Waals surface area contributed by atoms with Gasteiger partial charge in [0.15, 0.2) is 0 Å². The van der Waals surface area contributed by atoms with E-state index in [4.69, 9.17) is 9.84 Å². The summed E-state index contributed by atoms with van der Waals surface area (Å²) in [5.74, 6) is 0.937. The summed E-state index contributed by atoms with van der Waals surface area (Å²) < 4.78 is 5.60. The minimum atomic E-state index is -0.0807. The van der Waals surface area contributed by atoms with Crippen LogP contribution in [-0.2, 0) is 4.79 Å². The summed E-state index contributed by atoms with van der Waals surface area (Å²) in [7, 11) is 0. The highest BCUT2D eigenvalue weighted by atomic mass is 16.5. The van der Waals surface area contributed by atoms with E-state index in [2.05, 4.69) is 49.1 Å². The van der Waals surface area contributed by atoms with Crippen LogP contribution in [0.15, 0.2) is 47.6 Å². The summed E-state index contributed by atoms with van der Waals surface area (Å²) in [5, 5.41) is 6.62. The largest absolute Gasteiger partial charge is 0.494 e. The second kappa shape index (κ2) is 9.65. The third-order valence-electron chi connectivity index (χ3n) is 6.25. The molecule has 0 unspecified atom stereocenters. The molecule has 0 radical (unpaired) electrons. The van der Waals surface area contributed by atoms with Crippen LogP contribution in [0.2, 0.25) is 0 Å². The Morgan fingerprint density at radius 3 is 2.52 bits per heavy atom. The number of amides is 1. The van der Waals surface area contributed by atoms with Gasteiger partial charge in [0.1, 0.15) is 5.75 Å². The molecule has 1 amide bonds. The van der Waals surface area contributed by atoms with Gasteiger partial charge in [-0.3, -0.25) is 9.69 Å². The Balaban J connectivity index is 1.62. The van der Waals surface area contributed by atoms with Crippen molar-refractivity contribution < 1.29 is 9.53 Å². The first-order chi connectivity index (χ1) is 15.0. The number of rotatable bonds is 6. The highest BCUT2D eigenvalue weighted by molar-refractivity contribution is 6.04. The fourth-order valence-corrected chi connectivity index (χ4v) is 4.54. The van der Waals surface area contributed by atoms with Crippen molar-refractivity contribution in [2.75, 3.05) is 26.2 Å². The third kappa shape index (κ3) is 4.99. The summed E-state index contributed by atoms with van der Waals surface area (Å²) in [6.07, 6.45) is 4.33. The second-order valence-electron chi connectivity index (χ2n) is 8.66. The molecular formula is C26H33N3O2. The van der Waals surface area contributed by atoms with Crippen molar-refractivity contribution in [1.29, 1.82) is 0 Å². The Morgan fingerprint density at radius 2 is 1.81 bits per heavy atom. The van der Waals surface area contributed by atoms with Crippen molar-refractivity contribution in [3.8, 4) is 5.75 Å². The smallest absolute Gasteiger partial charge is 0.257 e. The number of carbonyl (C=O) groups excluding carboxylic acids is 1. The van der Waals surface area contributed by atoms with Gasteiger partial charge in [-0.2, -0.15) is 5.10 Å². The number of piperidine rings is 1. The van der Waals surface area contributed by atoms with Crippen molar-refractivity contribution in [3.63, 3.8) is 0 Å². The summed E-state index contributed by atoms with van der Waals surface area (Å²) >= 11 is 0. The minimum absolute atomic E-state index is 0.0807. The van der Waals surface area contributed by atoms with E-state index in [0.29, 0.717) is 13.2 Å². The van der Waals surface area contributed by atoms with Crippen LogP contribution < -0.4 is 4.74 Å². The highest BCUT2D eigenvalue weighted by Gasteiger charge is 2.34. The first-order valence-corrected chi connectivity index (χ1v) is 11.5. The third-order valence-corrected chi connectivity index (χ3v) is 6.25. The molecule has 2 aliphatic heterocycles. The van der Waals surface area contributed by atoms with Gasteiger partial charge in [0.05, 0.1) is 24.9 Å². The van der Waals surface area contributed by atoms with Gasteiger partial charge in [-0.05, 0) is 76.0 Å². The first kappa shape index (κ1) is 21.6. The molecule has 0 spiro atoms. The molecule has 0 bridgehead atoms. The van der Waals surface area contributed by atoms with E-state index in [9.17, 15) is 4.79 Å². The lowest BCUT2D eigenvalue weighted by molar-refractivity contribution is -0.134. The van der Waals surface area contributed by atoms with Crippen LogP contribution in [0.3, 0.4) is 0 Å². The lowest BCUT2D eigenvalue weighted by Gasteiger charge is -2.29. The fourth-order valence-electron chi connectivity index (χ4n) is 4.54. The van der Waals surface area contributed by atoms with Crippen LogP contribution in [-0.4, -0.2) is 47.8 Å². The monoisotopic (exact) mass is 419 g/mol. The Bertz CT molecular complexity index is 946. The Hall–Kier alpha value is -2.66. The zero-order chi connectivity index (χ0) is 21.8. The molecule has 2 aromatic carbocycles. The summed E-state index contributed by atoms with van der Waals surface area (Å²) in [5.41, 5.74) is 5.63. The van der Waals surface area contributed by atoms with Crippen LogP contribution >= 0.6 is 0 Å². The van der Waals surface area contributed by atoms with Gasteiger partial charge in [-0.25, -0.2) is 5.01 Å². The van der Waals surface area contributed by atoms with E-state index < -0.39 is 0 Å². The predicted molar refractivity (Wildman–Crippen MR) is 125 cm³/mol. The minimum Gasteiger partial charge on any atom is -0.494 e. The quantitative estimate of drug-likeness (QED) is 0.671. The number of likely N-dealkylation sites (tertiary alicyclic amines) is 1. The average Bonchev–Trinajstić information content (AvgIpc) is 3.22. The van der Waals surface area contributed by atoms with E-state index >= 15 is 0 Å². The molecule has 4 rings (SSSR count). The lowest BCUT2D eigenvalue weighted by Crippen LogP contribution is -2.40. The summed E-state index contributed by atoms with van der Waals surface area (Å²) in [4.78, 5) is 15.6. The molecule has 0 aliphatic carbocycles. The topological polar surface area (TPSA) is 45.1 Å². The summed E-state index contributed by atoms with van der Waals surface area (Å²) in [6, 6.07) is 14.5. The standard InChI is InChI=1S/C26H33N3O2/c1-4-31-22-12-10-21(11-13-22)25-17-24(23-16-19(2)8-9-20(23)3)27-29(25)26(30)18-28-14-6-5-7-15-28/h8-13,16,25H,4-7,14-15,17-18H2,1-3H3/t25-/m0/s1. The second-order valence-corrected chi connectivity index (χ2v) is 8.66. The van der Waals surface area contributed by atoms with E-state index in [1.54, 1.807) is 5.01 Å². The van der Waals surface area contributed by atoms with E-state index in [0.717, 1.165) is 42.1 Å². The van der Waals surface area contributed by atoms with E-state index in [-0.39, 0.29) is 11.9 Å². The van der Waals surface area contributed by atoms with Crippen LogP contribution in [0, 0.1) is 13.8 Å². The highest BCUT2D eigenvalue weighted by Crippen LogP contribution is 2.34. The Kier molecular flexibility index (Phi) is 6.71. The van der Waals surface area contributed by atoms with E-state index in [1.807, 2.05) is 19.1 Å². The maximum Gasteiger partial charge on any atom is 0.257 e. The fraction of sp³-hybridized carbons (Fsp3) is 0.462. The molecule has 2 aliphatic rings. The molecule has 5 heteroatoms. The van der Waals surface area contributed by atoms with Crippen LogP contribution in [0.1, 0.15) is 60.9 Å². The summed E-state index contributed by atoms with van der Waals surface area (Å²) in [6.45, 7) is 9.28. The molecule has 1 atom stereocenters. The molecule has 164 valence electrons. The molecule has 31 heavy (non-hydrogen) atoms. The zero-order valence-corrected chi connectivity index (χ0v) is 18.9.